The zero-order valence-electron chi connectivity index (χ0n) is 35.3. The Hall–Kier alpha value is -0.810. The molecule has 1 saturated heterocycles. The maximum Gasteiger partial charge on any atom is 0.306 e. The van der Waals surface area contributed by atoms with Crippen LogP contribution in [0.4, 0.5) is 0 Å². The number of carbonyl (C=O) groups excluding carboxylic acids is 1. The molecule has 6 unspecified atom stereocenters. The van der Waals surface area contributed by atoms with Crippen molar-refractivity contribution in [2.75, 3.05) is 26.4 Å². The summed E-state index contributed by atoms with van der Waals surface area (Å²) >= 11 is 0. The summed E-state index contributed by atoms with van der Waals surface area (Å²) in [4.78, 5) is 12.8. The first-order chi connectivity index (χ1) is 26.4. The van der Waals surface area contributed by atoms with Gasteiger partial charge < -0.3 is 39.4 Å². The van der Waals surface area contributed by atoms with Crippen molar-refractivity contribution in [1.82, 2.24) is 0 Å². The van der Waals surface area contributed by atoms with Crippen LogP contribution < -0.4 is 0 Å². The summed E-state index contributed by atoms with van der Waals surface area (Å²) in [5.74, 6) is -0.307. The number of unbranched alkanes of at least 4 members (excludes halogenated alkanes) is 29. The molecule has 4 N–H and O–H groups in total. The van der Waals surface area contributed by atoms with Gasteiger partial charge in [-0.05, 0) is 12.8 Å². The third-order valence-corrected chi connectivity index (χ3v) is 11.0. The topological polar surface area (TPSA) is 135 Å². The van der Waals surface area contributed by atoms with Crippen molar-refractivity contribution in [3.63, 3.8) is 0 Å². The van der Waals surface area contributed by atoms with Gasteiger partial charge in [0, 0.05) is 13.0 Å². The van der Waals surface area contributed by atoms with Crippen LogP contribution in [0.5, 0.6) is 0 Å². The van der Waals surface area contributed by atoms with E-state index in [1.807, 2.05) is 0 Å². The highest BCUT2D eigenvalue weighted by atomic mass is 16.7. The highest BCUT2D eigenvalue weighted by molar-refractivity contribution is 5.69. The standard InChI is InChI=1S/C45H88O9/c1-3-5-7-9-11-13-15-16-17-18-19-20-21-22-23-24-26-28-30-32-34-41(47)53-39(38-52-45-44(50)43(49)42(48)40(36-46)54-45)37-51-35-33-31-29-27-25-14-12-10-8-6-4-2/h39-40,42-46,48-50H,3-38H2,1-2H3. The highest BCUT2D eigenvalue weighted by Gasteiger charge is 2.44. The van der Waals surface area contributed by atoms with E-state index in [2.05, 4.69) is 13.8 Å². The van der Waals surface area contributed by atoms with Gasteiger partial charge >= 0.3 is 5.97 Å². The maximum absolute atomic E-state index is 12.8. The zero-order valence-corrected chi connectivity index (χ0v) is 35.3. The molecule has 9 nitrogen and oxygen atoms in total. The summed E-state index contributed by atoms with van der Waals surface area (Å²) in [6.45, 7) is 4.60. The van der Waals surface area contributed by atoms with Crippen molar-refractivity contribution >= 4 is 5.97 Å². The van der Waals surface area contributed by atoms with Crippen molar-refractivity contribution in [3.05, 3.63) is 0 Å². The van der Waals surface area contributed by atoms with Crippen LogP contribution in [-0.4, -0.2) is 89.6 Å². The first-order valence-corrected chi connectivity index (χ1v) is 23.1. The Bertz CT molecular complexity index is 797. The molecular formula is C45H88O9. The van der Waals surface area contributed by atoms with E-state index >= 15 is 0 Å². The van der Waals surface area contributed by atoms with E-state index in [9.17, 15) is 25.2 Å². The normalized spacial score (nSPS) is 20.7. The molecule has 1 aliphatic heterocycles. The highest BCUT2D eigenvalue weighted by Crippen LogP contribution is 2.23. The van der Waals surface area contributed by atoms with E-state index in [0.717, 1.165) is 32.1 Å². The lowest BCUT2D eigenvalue weighted by Crippen LogP contribution is -2.59. The van der Waals surface area contributed by atoms with E-state index in [4.69, 9.17) is 18.9 Å². The molecule has 0 bridgehead atoms. The minimum atomic E-state index is -1.53. The predicted octanol–water partition coefficient (Wildman–Crippen LogP) is 10.3. The number of carbonyl (C=O) groups is 1. The van der Waals surface area contributed by atoms with Gasteiger partial charge in [0.15, 0.2) is 6.29 Å². The fraction of sp³-hybridized carbons (Fsp3) is 0.978. The molecule has 1 rings (SSSR count). The van der Waals surface area contributed by atoms with Crippen molar-refractivity contribution in [3.8, 4) is 0 Å². The summed E-state index contributed by atoms with van der Waals surface area (Å²) in [7, 11) is 0. The summed E-state index contributed by atoms with van der Waals surface area (Å²) in [6, 6.07) is 0. The van der Waals surface area contributed by atoms with Crippen LogP contribution in [0, 0.1) is 0 Å². The zero-order chi connectivity index (χ0) is 39.3. The third-order valence-electron chi connectivity index (χ3n) is 11.0. The first kappa shape index (κ1) is 51.2. The minimum Gasteiger partial charge on any atom is -0.457 e. The van der Waals surface area contributed by atoms with Crippen LogP contribution in [0.15, 0.2) is 0 Å². The molecule has 0 aliphatic carbocycles. The van der Waals surface area contributed by atoms with E-state index in [1.54, 1.807) is 0 Å². The molecule has 6 atom stereocenters. The van der Waals surface area contributed by atoms with Gasteiger partial charge in [0.25, 0.3) is 0 Å². The fourth-order valence-electron chi connectivity index (χ4n) is 7.38. The van der Waals surface area contributed by atoms with E-state index in [1.165, 1.54) is 167 Å². The quantitative estimate of drug-likeness (QED) is 0.0355. The smallest absolute Gasteiger partial charge is 0.306 e. The molecule has 1 aliphatic rings. The molecule has 0 radical (unpaired) electrons. The number of rotatable bonds is 40. The third kappa shape index (κ3) is 28.6. The largest absolute Gasteiger partial charge is 0.457 e. The lowest BCUT2D eigenvalue weighted by molar-refractivity contribution is -0.305. The van der Waals surface area contributed by atoms with Gasteiger partial charge in [-0.25, -0.2) is 0 Å². The van der Waals surface area contributed by atoms with Crippen LogP contribution in [0.3, 0.4) is 0 Å². The van der Waals surface area contributed by atoms with Gasteiger partial charge in [-0.15, -0.1) is 0 Å². The average Bonchev–Trinajstić information content (AvgIpc) is 3.17. The van der Waals surface area contributed by atoms with Crippen molar-refractivity contribution in [1.29, 1.82) is 0 Å². The Morgan fingerprint density at radius 2 is 0.907 bits per heavy atom. The lowest BCUT2D eigenvalue weighted by Gasteiger charge is -2.39. The van der Waals surface area contributed by atoms with Crippen molar-refractivity contribution in [2.45, 2.75) is 256 Å². The number of esters is 1. The van der Waals surface area contributed by atoms with Crippen LogP contribution in [-0.2, 0) is 23.7 Å². The number of hydrogen-bond donors (Lipinski definition) is 4. The molecule has 322 valence electrons. The monoisotopic (exact) mass is 773 g/mol. The van der Waals surface area contributed by atoms with Gasteiger partial charge in [-0.2, -0.15) is 0 Å². The fourth-order valence-corrected chi connectivity index (χ4v) is 7.38. The number of hydrogen-bond acceptors (Lipinski definition) is 9. The van der Waals surface area contributed by atoms with Crippen molar-refractivity contribution < 1.29 is 44.2 Å². The van der Waals surface area contributed by atoms with Gasteiger partial charge in [0.2, 0.25) is 0 Å². The number of aliphatic hydroxyl groups is 4. The van der Waals surface area contributed by atoms with Crippen LogP contribution in [0.2, 0.25) is 0 Å². The first-order valence-electron chi connectivity index (χ1n) is 23.1. The Balaban J connectivity index is 2.20. The number of aliphatic hydroxyl groups excluding tert-OH is 4. The van der Waals surface area contributed by atoms with E-state index in [-0.39, 0.29) is 19.2 Å². The molecule has 9 heteroatoms. The second-order valence-corrected chi connectivity index (χ2v) is 16.2. The van der Waals surface area contributed by atoms with Gasteiger partial charge in [0.1, 0.15) is 30.5 Å². The van der Waals surface area contributed by atoms with Gasteiger partial charge in [0.05, 0.1) is 19.8 Å². The molecule has 0 aromatic rings. The maximum atomic E-state index is 12.8. The van der Waals surface area contributed by atoms with Crippen molar-refractivity contribution in [2.24, 2.45) is 0 Å². The molecule has 0 spiro atoms. The minimum absolute atomic E-state index is 0.105. The Morgan fingerprint density at radius 1 is 0.519 bits per heavy atom. The van der Waals surface area contributed by atoms with Gasteiger partial charge in [-0.1, -0.05) is 200 Å². The second kappa shape index (κ2) is 37.7. The Kier molecular flexibility index (Phi) is 35.8. The summed E-state index contributed by atoms with van der Waals surface area (Å²) < 4.78 is 22.8. The molecule has 0 amide bonds. The summed E-state index contributed by atoms with van der Waals surface area (Å²) in [6.07, 6.45) is 32.7. The van der Waals surface area contributed by atoms with E-state index in [0.29, 0.717) is 13.0 Å². The molecule has 0 aromatic heterocycles. The van der Waals surface area contributed by atoms with E-state index < -0.39 is 43.4 Å². The average molecular weight is 773 g/mol. The predicted molar refractivity (Wildman–Crippen MR) is 220 cm³/mol. The van der Waals surface area contributed by atoms with Gasteiger partial charge in [-0.3, -0.25) is 4.79 Å². The lowest BCUT2D eigenvalue weighted by atomic mass is 9.99. The molecular weight excluding hydrogens is 684 g/mol. The summed E-state index contributed by atoms with van der Waals surface area (Å²) in [5, 5.41) is 40.1. The summed E-state index contributed by atoms with van der Waals surface area (Å²) in [5.41, 5.74) is 0. The Labute approximate surface area is 332 Å². The molecule has 0 saturated carbocycles. The van der Waals surface area contributed by atoms with Crippen LogP contribution >= 0.6 is 0 Å². The molecule has 0 aromatic carbocycles. The SMILES string of the molecule is CCCCCCCCCCCCCCCCCCCCCCC(=O)OC(COCCCCCCCCCCCCC)COC1OC(CO)C(O)C(O)C1O. The Morgan fingerprint density at radius 3 is 1.31 bits per heavy atom. The number of ether oxygens (including phenoxy) is 4. The second-order valence-electron chi connectivity index (χ2n) is 16.2. The van der Waals surface area contributed by atoms with Crippen LogP contribution in [0.1, 0.15) is 219 Å². The molecule has 1 heterocycles. The molecule has 54 heavy (non-hydrogen) atoms. The van der Waals surface area contributed by atoms with Crippen LogP contribution in [0.25, 0.3) is 0 Å². The molecule has 1 fully saturated rings.